The van der Waals surface area contributed by atoms with E-state index >= 15 is 0 Å². The predicted molar refractivity (Wildman–Crippen MR) is 284 cm³/mol. The van der Waals surface area contributed by atoms with Crippen molar-refractivity contribution in [2.45, 2.75) is 126 Å². The molecule has 2 rings (SSSR count). The van der Waals surface area contributed by atoms with Crippen LogP contribution in [0.2, 0.25) is 0 Å². The standard InChI is InChI=1S/C48H78N18O12/c49-17-3-1-8-29(55)40(70)64-39(36(68)25-54)45(75)65-38(35(67)24-53)44(74)59-26-37(69)60-31(10-5-19-51)46(76)66-21-7-12-34(66)43(73)63-33(22-27-13-15-28(23-52)16-14-27)42(72)61-30(9-2-4-18-50)41(71)62-32(47(77)78)11-6-20-58-48(56)57/h11,13-16,29-30,33-36,38-39,67-68H,1-10,12,17-22,24-26,49-51,53-55H2,(H,59,74)(H,61,72)(H,62,71)(H,63,73)(H,64,70)(H,65,75)(H,77,78)(H4,56,57,58)/b32-11-,60-31?/t29-,30-,33-,34-,35-,36-,38-,39-/m0/s1. The van der Waals surface area contributed by atoms with E-state index in [1.165, 1.54) is 18.2 Å². The maximum atomic E-state index is 14.3. The monoisotopic (exact) mass is 1100 g/mol. The predicted octanol–water partition coefficient (Wildman–Crippen LogP) is -7.17. The summed E-state index contributed by atoms with van der Waals surface area (Å²) in [7, 11) is 0. The van der Waals surface area contributed by atoms with Gasteiger partial charge in [-0.15, -0.1) is 0 Å². The summed E-state index contributed by atoms with van der Waals surface area (Å²) >= 11 is 0. The molecule has 1 aromatic carbocycles. The first-order valence-corrected chi connectivity index (χ1v) is 25.5. The van der Waals surface area contributed by atoms with Crippen molar-refractivity contribution in [3.8, 4) is 6.07 Å². The molecule has 25 N–H and O–H groups in total. The van der Waals surface area contributed by atoms with Crippen LogP contribution in [0.3, 0.4) is 0 Å². The topological polar surface area (TPSA) is 546 Å². The lowest BCUT2D eigenvalue weighted by atomic mass is 10.0. The Kier molecular flexibility index (Phi) is 30.5. The quantitative estimate of drug-likeness (QED) is 0.0130. The van der Waals surface area contributed by atoms with Crippen molar-refractivity contribution in [3.05, 3.63) is 47.2 Å². The molecule has 1 saturated heterocycles. The lowest BCUT2D eigenvalue weighted by molar-refractivity contribution is -0.137. The molecule has 0 aliphatic carbocycles. The minimum atomic E-state index is -1.85. The number of amides is 8. The normalized spacial score (nSPS) is 16.1. The number of rotatable bonds is 35. The van der Waals surface area contributed by atoms with E-state index in [2.05, 4.69) is 41.9 Å². The van der Waals surface area contributed by atoms with Gasteiger partial charge in [0.05, 0.1) is 36.4 Å². The van der Waals surface area contributed by atoms with E-state index in [0.29, 0.717) is 49.8 Å². The van der Waals surface area contributed by atoms with Gasteiger partial charge in [0.25, 0.3) is 11.8 Å². The van der Waals surface area contributed by atoms with Gasteiger partial charge in [0.15, 0.2) is 5.96 Å². The minimum absolute atomic E-state index is 0.00360. The second-order valence-electron chi connectivity index (χ2n) is 18.1. The number of hydrogen-bond donors (Lipinski definition) is 17. The molecule has 1 heterocycles. The fraction of sp³-hybridized carbons (Fsp3) is 0.583. The summed E-state index contributed by atoms with van der Waals surface area (Å²) in [4.78, 5) is 130. The number of nitrogens with one attached hydrogen (secondary N) is 6. The van der Waals surface area contributed by atoms with Crippen molar-refractivity contribution in [2.75, 3.05) is 52.4 Å². The Hall–Kier alpha value is -7.50. The number of unbranched alkanes of at least 4 members (excludes halogenated alkanes) is 2. The molecule has 1 aliphatic rings. The van der Waals surface area contributed by atoms with Crippen LogP contribution in [-0.4, -0.2) is 186 Å². The van der Waals surface area contributed by atoms with Crippen LogP contribution in [0.1, 0.15) is 81.8 Å². The van der Waals surface area contributed by atoms with Crippen LogP contribution in [0.5, 0.6) is 0 Å². The van der Waals surface area contributed by atoms with Crippen LogP contribution in [0.4, 0.5) is 0 Å². The molecule has 0 radical (unpaired) electrons. The fourth-order valence-corrected chi connectivity index (χ4v) is 7.76. The number of carboxylic acids is 1. The highest BCUT2D eigenvalue weighted by molar-refractivity contribution is 6.40. The summed E-state index contributed by atoms with van der Waals surface area (Å²) in [5.74, 6) is -9.32. The van der Waals surface area contributed by atoms with E-state index < -0.39 is 127 Å². The Morgan fingerprint density at radius 2 is 1.36 bits per heavy atom. The van der Waals surface area contributed by atoms with Crippen molar-refractivity contribution in [1.29, 1.82) is 5.26 Å². The molecule has 432 valence electrons. The van der Waals surface area contributed by atoms with E-state index in [4.69, 9.17) is 45.9 Å². The summed E-state index contributed by atoms with van der Waals surface area (Å²) < 4.78 is 0. The Morgan fingerprint density at radius 3 is 1.94 bits per heavy atom. The van der Waals surface area contributed by atoms with Crippen molar-refractivity contribution in [3.63, 3.8) is 0 Å². The minimum Gasteiger partial charge on any atom is -0.477 e. The second kappa shape index (κ2) is 35.8. The largest absolute Gasteiger partial charge is 0.477 e. The van der Waals surface area contributed by atoms with E-state index in [0.717, 1.165) is 4.90 Å². The first-order chi connectivity index (χ1) is 37.2. The van der Waals surface area contributed by atoms with Gasteiger partial charge >= 0.3 is 5.97 Å². The number of nitrogens with zero attached hydrogens (tertiary/aromatic N) is 4. The highest BCUT2D eigenvalue weighted by Gasteiger charge is 2.39. The number of carbonyl (C=O) groups excluding carboxylic acids is 8. The number of nitriles is 1. The van der Waals surface area contributed by atoms with Gasteiger partial charge in [-0.3, -0.25) is 43.3 Å². The average molecular weight is 1100 g/mol. The molecule has 0 bridgehead atoms. The number of benzene rings is 1. The van der Waals surface area contributed by atoms with Crippen molar-refractivity contribution in [1.82, 2.24) is 36.8 Å². The molecule has 1 fully saturated rings. The van der Waals surface area contributed by atoms with Gasteiger partial charge < -0.3 is 98.0 Å². The van der Waals surface area contributed by atoms with Gasteiger partial charge in [0.2, 0.25) is 35.4 Å². The van der Waals surface area contributed by atoms with Crippen LogP contribution in [0, 0.1) is 11.3 Å². The zero-order valence-corrected chi connectivity index (χ0v) is 43.6. The lowest BCUT2D eigenvalue weighted by Crippen LogP contribution is -2.63. The van der Waals surface area contributed by atoms with Gasteiger partial charge in [-0.25, -0.2) is 9.79 Å². The van der Waals surface area contributed by atoms with E-state index in [1.807, 2.05) is 6.07 Å². The number of guanidine groups is 1. The van der Waals surface area contributed by atoms with Gasteiger partial charge in [-0.2, -0.15) is 5.26 Å². The van der Waals surface area contributed by atoms with E-state index in [9.17, 15) is 63.7 Å². The second-order valence-corrected chi connectivity index (χ2v) is 18.1. The Morgan fingerprint density at radius 1 is 0.756 bits per heavy atom. The highest BCUT2D eigenvalue weighted by atomic mass is 16.4. The Bertz CT molecular complexity index is 2320. The van der Waals surface area contributed by atoms with Crippen LogP contribution in [-0.2, 0) is 49.6 Å². The molecule has 1 aliphatic heterocycles. The molecule has 0 unspecified atom stereocenters. The summed E-state index contributed by atoms with van der Waals surface area (Å²) in [5.41, 5.74) is 44.7. The zero-order chi connectivity index (χ0) is 58.3. The number of aliphatic hydroxyl groups is 2. The molecule has 8 atom stereocenters. The lowest BCUT2D eigenvalue weighted by Gasteiger charge is -2.28. The number of likely N-dealkylation sites (tertiary alicyclic amines) is 1. The molecular formula is C48H78N18O12. The smallest absolute Gasteiger partial charge is 0.352 e. The van der Waals surface area contributed by atoms with E-state index in [-0.39, 0.29) is 82.8 Å². The highest BCUT2D eigenvalue weighted by Crippen LogP contribution is 2.20. The Labute approximate surface area is 451 Å². The Balaban J connectivity index is 2.39. The SMILES string of the molecule is N#Cc1ccc(C[C@H](NC(=O)[C@@H]2CCCN2C(=O)C(CCCN)=NC(=O)CNC(=O)[C@@H](NC(=O)[C@@H](NC(=O)[C@@H](N)CCCCN)[C@@H](O)CN)[C@@H](O)CN)C(=O)N[C@@H](CCCCN)C(=O)N/C(=C\CCN=C(N)N)C(=O)O)cc1. The summed E-state index contributed by atoms with van der Waals surface area (Å²) in [6, 6.07) is -0.579. The van der Waals surface area contributed by atoms with Crippen LogP contribution >= 0.6 is 0 Å². The van der Waals surface area contributed by atoms with Crippen LogP contribution in [0.15, 0.2) is 46.0 Å². The van der Waals surface area contributed by atoms with Gasteiger partial charge in [0, 0.05) is 32.6 Å². The third-order valence-corrected chi connectivity index (χ3v) is 12.1. The summed E-state index contributed by atoms with van der Waals surface area (Å²) in [5, 5.41) is 54.7. The molecule has 78 heavy (non-hydrogen) atoms. The van der Waals surface area contributed by atoms with Crippen LogP contribution < -0.4 is 77.8 Å². The van der Waals surface area contributed by atoms with Gasteiger partial charge in [-0.1, -0.05) is 24.6 Å². The third-order valence-electron chi connectivity index (χ3n) is 12.1. The molecular weight excluding hydrogens is 1020 g/mol. The van der Waals surface area contributed by atoms with Crippen molar-refractivity contribution >= 4 is 64.9 Å². The number of aliphatic imine (C=N–C) groups is 2. The summed E-state index contributed by atoms with van der Waals surface area (Å²) in [6.07, 6.45) is 0.0236. The molecule has 0 spiro atoms. The molecule has 0 saturated carbocycles. The first-order valence-electron chi connectivity index (χ1n) is 25.5. The number of hydrogen-bond acceptors (Lipinski definition) is 19. The number of aliphatic hydroxyl groups excluding tert-OH is 2. The molecule has 8 amide bonds. The molecule has 1 aromatic rings. The maximum Gasteiger partial charge on any atom is 0.352 e. The van der Waals surface area contributed by atoms with Crippen molar-refractivity contribution < 1.29 is 58.5 Å². The van der Waals surface area contributed by atoms with Crippen LogP contribution in [0.25, 0.3) is 0 Å². The first kappa shape index (κ1) is 66.6. The molecule has 30 nitrogen and oxygen atoms in total. The van der Waals surface area contributed by atoms with E-state index in [1.54, 1.807) is 12.1 Å². The number of aliphatic carboxylic acids is 1. The third kappa shape index (κ3) is 23.0. The zero-order valence-electron chi connectivity index (χ0n) is 43.6. The summed E-state index contributed by atoms with van der Waals surface area (Å²) in [6.45, 7) is -1.32. The molecule has 0 aromatic heterocycles. The number of carboxylic acid groups (broad SMARTS) is 1. The van der Waals surface area contributed by atoms with Crippen molar-refractivity contribution in [2.24, 2.45) is 55.9 Å². The van der Waals surface area contributed by atoms with Gasteiger partial charge in [-0.05, 0) is 102 Å². The maximum absolute atomic E-state index is 14.3. The van der Waals surface area contributed by atoms with Gasteiger partial charge in [0.1, 0.15) is 41.6 Å². The number of carbonyl (C=O) groups is 9. The number of nitrogens with two attached hydrogens (primary N) is 8. The fourth-order valence-electron chi connectivity index (χ4n) is 7.76. The average Bonchev–Trinajstić information content (AvgIpc) is 3.92. The molecule has 30 heteroatoms.